The Hall–Kier alpha value is -2.89. The Morgan fingerprint density at radius 2 is 2.04 bits per heavy atom. The summed E-state index contributed by atoms with van der Waals surface area (Å²) in [6, 6.07) is 11.1. The third kappa shape index (κ3) is 2.32. The molecular formula is C17H16N4O2. The van der Waals surface area contributed by atoms with E-state index < -0.39 is 12.0 Å². The summed E-state index contributed by atoms with van der Waals surface area (Å²) in [4.78, 5) is 25.8. The predicted octanol–water partition coefficient (Wildman–Crippen LogP) is 2.68. The van der Waals surface area contributed by atoms with Gasteiger partial charge in [0.1, 0.15) is 17.5 Å². The normalized spacial score (nSPS) is 17.7. The van der Waals surface area contributed by atoms with Crippen molar-refractivity contribution in [2.45, 2.75) is 18.9 Å². The van der Waals surface area contributed by atoms with Crippen LogP contribution in [0.4, 0.5) is 5.82 Å². The molecule has 3 aromatic rings. The van der Waals surface area contributed by atoms with Crippen LogP contribution in [0.5, 0.6) is 0 Å². The van der Waals surface area contributed by atoms with E-state index in [4.69, 9.17) is 0 Å². The number of H-pyrrole nitrogens is 1. The van der Waals surface area contributed by atoms with Gasteiger partial charge in [0.25, 0.3) is 0 Å². The van der Waals surface area contributed by atoms with Crippen LogP contribution in [0.15, 0.2) is 42.6 Å². The fourth-order valence-electron chi connectivity index (χ4n) is 3.14. The maximum absolute atomic E-state index is 11.5. The van der Waals surface area contributed by atoms with E-state index in [0.717, 1.165) is 23.0 Å². The molecule has 2 N–H and O–H groups in total. The zero-order valence-electron chi connectivity index (χ0n) is 12.4. The molecule has 1 aliphatic heterocycles. The number of nitrogens with one attached hydrogen (secondary N) is 1. The van der Waals surface area contributed by atoms with Crippen molar-refractivity contribution in [3.63, 3.8) is 0 Å². The van der Waals surface area contributed by atoms with Gasteiger partial charge in [-0.1, -0.05) is 30.3 Å². The second-order valence-electron chi connectivity index (χ2n) is 5.67. The van der Waals surface area contributed by atoms with Crippen LogP contribution in [0.1, 0.15) is 12.8 Å². The number of hydrogen-bond acceptors (Lipinski definition) is 4. The molecule has 0 aliphatic carbocycles. The predicted molar refractivity (Wildman–Crippen MR) is 87.3 cm³/mol. The van der Waals surface area contributed by atoms with E-state index in [1.807, 2.05) is 47.5 Å². The molecule has 1 aromatic carbocycles. The summed E-state index contributed by atoms with van der Waals surface area (Å²) in [7, 11) is 0. The van der Waals surface area contributed by atoms with Crippen molar-refractivity contribution >= 4 is 22.8 Å². The van der Waals surface area contributed by atoms with Crippen LogP contribution in [-0.4, -0.2) is 38.6 Å². The number of fused-ring (bicyclic) bond motifs is 1. The van der Waals surface area contributed by atoms with Crippen molar-refractivity contribution in [2.24, 2.45) is 0 Å². The summed E-state index contributed by atoms with van der Waals surface area (Å²) in [5.41, 5.74) is 1.64. The molecule has 2 aromatic heterocycles. The van der Waals surface area contributed by atoms with Gasteiger partial charge in [-0.3, -0.25) is 0 Å². The number of carboxylic acids is 1. The minimum absolute atomic E-state index is 0.522. The first kappa shape index (κ1) is 13.8. The second kappa shape index (κ2) is 5.39. The van der Waals surface area contributed by atoms with Gasteiger partial charge in [-0.25, -0.2) is 14.8 Å². The number of anilines is 1. The molecule has 0 amide bonds. The van der Waals surface area contributed by atoms with Gasteiger partial charge in [0, 0.05) is 18.3 Å². The molecule has 3 heterocycles. The molecule has 1 fully saturated rings. The topological polar surface area (TPSA) is 82.1 Å². The summed E-state index contributed by atoms with van der Waals surface area (Å²) >= 11 is 0. The van der Waals surface area contributed by atoms with Crippen molar-refractivity contribution in [2.75, 3.05) is 11.4 Å². The maximum Gasteiger partial charge on any atom is 0.326 e. The maximum atomic E-state index is 11.5. The number of benzene rings is 1. The molecule has 1 aliphatic rings. The number of rotatable bonds is 3. The fourth-order valence-corrected chi connectivity index (χ4v) is 3.14. The van der Waals surface area contributed by atoms with Crippen LogP contribution in [0.3, 0.4) is 0 Å². The minimum atomic E-state index is -0.800. The molecule has 1 atom stereocenters. The van der Waals surface area contributed by atoms with Gasteiger partial charge in [-0.15, -0.1) is 0 Å². The first-order chi connectivity index (χ1) is 11.2. The molecule has 6 nitrogen and oxygen atoms in total. The molecule has 0 radical (unpaired) electrons. The van der Waals surface area contributed by atoms with E-state index >= 15 is 0 Å². The van der Waals surface area contributed by atoms with Crippen LogP contribution in [0, 0.1) is 0 Å². The quantitative estimate of drug-likeness (QED) is 0.777. The lowest BCUT2D eigenvalue weighted by atomic mass is 10.2. The number of carbonyl (C=O) groups is 1. The number of nitrogens with zero attached hydrogens (tertiary/aromatic N) is 3. The summed E-state index contributed by atoms with van der Waals surface area (Å²) in [5, 5.41) is 10.3. The zero-order chi connectivity index (χ0) is 15.8. The van der Waals surface area contributed by atoms with Crippen molar-refractivity contribution in [1.29, 1.82) is 0 Å². The largest absolute Gasteiger partial charge is 0.480 e. The van der Waals surface area contributed by atoms with E-state index in [9.17, 15) is 9.90 Å². The van der Waals surface area contributed by atoms with E-state index in [-0.39, 0.29) is 0 Å². The van der Waals surface area contributed by atoms with E-state index in [2.05, 4.69) is 15.0 Å². The smallest absolute Gasteiger partial charge is 0.326 e. The van der Waals surface area contributed by atoms with Crippen LogP contribution in [0.2, 0.25) is 0 Å². The minimum Gasteiger partial charge on any atom is -0.480 e. The van der Waals surface area contributed by atoms with Gasteiger partial charge in [-0.2, -0.15) is 0 Å². The number of hydrogen-bond donors (Lipinski definition) is 2. The molecule has 0 saturated carbocycles. The van der Waals surface area contributed by atoms with Crippen LogP contribution in [0.25, 0.3) is 22.4 Å². The van der Waals surface area contributed by atoms with Crippen molar-refractivity contribution in [1.82, 2.24) is 15.0 Å². The average Bonchev–Trinajstić information content (AvgIpc) is 3.23. The Kier molecular flexibility index (Phi) is 3.22. The van der Waals surface area contributed by atoms with E-state index in [0.29, 0.717) is 24.6 Å². The van der Waals surface area contributed by atoms with Crippen molar-refractivity contribution < 1.29 is 9.90 Å². The molecule has 0 spiro atoms. The average molecular weight is 308 g/mol. The lowest BCUT2D eigenvalue weighted by molar-refractivity contribution is -0.138. The molecular weight excluding hydrogens is 292 g/mol. The van der Waals surface area contributed by atoms with Crippen LogP contribution >= 0.6 is 0 Å². The van der Waals surface area contributed by atoms with Gasteiger partial charge in [-0.05, 0) is 18.9 Å². The highest BCUT2D eigenvalue weighted by atomic mass is 16.4. The van der Waals surface area contributed by atoms with Gasteiger partial charge < -0.3 is 15.0 Å². The first-order valence-corrected chi connectivity index (χ1v) is 7.64. The number of aromatic nitrogens is 3. The Morgan fingerprint density at radius 1 is 1.22 bits per heavy atom. The monoisotopic (exact) mass is 308 g/mol. The van der Waals surface area contributed by atoms with Crippen molar-refractivity contribution in [3.8, 4) is 11.4 Å². The number of aromatic amines is 1. The summed E-state index contributed by atoms with van der Waals surface area (Å²) in [5.74, 6) is 0.498. The molecule has 4 rings (SSSR count). The Morgan fingerprint density at radius 3 is 2.83 bits per heavy atom. The molecule has 6 heteroatoms. The lowest BCUT2D eigenvalue weighted by Crippen LogP contribution is -2.36. The second-order valence-corrected chi connectivity index (χ2v) is 5.67. The Bertz CT molecular complexity index is 859. The van der Waals surface area contributed by atoms with E-state index in [1.165, 1.54) is 0 Å². The van der Waals surface area contributed by atoms with Gasteiger partial charge >= 0.3 is 5.97 Å². The van der Waals surface area contributed by atoms with Crippen molar-refractivity contribution in [3.05, 3.63) is 42.6 Å². The Labute approximate surface area is 132 Å². The molecule has 0 bridgehead atoms. The first-order valence-electron chi connectivity index (χ1n) is 7.64. The molecule has 23 heavy (non-hydrogen) atoms. The third-order valence-electron chi connectivity index (χ3n) is 4.24. The number of aliphatic carboxylic acids is 1. The molecule has 1 saturated heterocycles. The fraction of sp³-hybridized carbons (Fsp3) is 0.235. The molecule has 116 valence electrons. The highest BCUT2D eigenvalue weighted by Gasteiger charge is 2.33. The van der Waals surface area contributed by atoms with Gasteiger partial charge in [0.2, 0.25) is 0 Å². The third-order valence-corrected chi connectivity index (χ3v) is 4.24. The summed E-state index contributed by atoms with van der Waals surface area (Å²) in [6.45, 7) is 0.697. The van der Waals surface area contributed by atoms with Gasteiger partial charge in [0.15, 0.2) is 5.82 Å². The lowest BCUT2D eigenvalue weighted by Gasteiger charge is -2.23. The standard InChI is InChI=1S/C17H16N4O2/c22-17(23)13-7-4-10-21(13)16-12-8-9-18-15(12)19-14(20-16)11-5-2-1-3-6-11/h1-3,5-6,8-9,13H,4,7,10H2,(H,22,23)(H,18,19,20)/t13-/m0/s1. The summed E-state index contributed by atoms with van der Waals surface area (Å²) in [6.07, 6.45) is 3.31. The number of carboxylic acid groups (broad SMARTS) is 1. The van der Waals surface area contributed by atoms with Gasteiger partial charge in [0.05, 0.1) is 5.39 Å². The molecule has 0 unspecified atom stereocenters. The highest BCUT2D eigenvalue weighted by molar-refractivity contribution is 5.91. The summed E-state index contributed by atoms with van der Waals surface area (Å²) < 4.78 is 0. The highest BCUT2D eigenvalue weighted by Crippen LogP contribution is 2.31. The van der Waals surface area contributed by atoms with Crippen LogP contribution < -0.4 is 4.90 Å². The zero-order valence-corrected chi connectivity index (χ0v) is 12.4. The van der Waals surface area contributed by atoms with Crippen LogP contribution in [-0.2, 0) is 4.79 Å². The Balaban J connectivity index is 1.88. The van der Waals surface area contributed by atoms with E-state index in [1.54, 1.807) is 0 Å². The SMILES string of the molecule is O=C(O)[C@@H]1CCCN1c1nc(-c2ccccc2)nc2[nH]ccc12.